The van der Waals surface area contributed by atoms with Crippen LogP contribution >= 0.6 is 0 Å². The average molecular weight is 230 g/mol. The molecule has 0 atom stereocenters. The van der Waals surface area contributed by atoms with Crippen molar-refractivity contribution in [1.82, 2.24) is 4.98 Å². The number of azide groups is 1. The molecule has 0 amide bonds. The maximum Gasteiger partial charge on any atom is 0.247 e. The first-order valence-corrected chi connectivity index (χ1v) is 4.58. The van der Waals surface area contributed by atoms with Gasteiger partial charge in [0.15, 0.2) is 5.76 Å². The molecule has 0 spiro atoms. The maximum atomic E-state index is 11.9. The Hall–Kier alpha value is -2.66. The molecule has 0 unspecified atom stereocenters. The van der Waals surface area contributed by atoms with E-state index in [0.29, 0.717) is 0 Å². The number of rotatable bonds is 2. The molecule has 7 nitrogen and oxygen atoms in total. The standard InChI is InChI=1S/C10H6N4O3/c1-17-10-7(13-14-11)8(15)5-3-2-4-12-6(5)9(10)16/h2-4H,1H3. The summed E-state index contributed by atoms with van der Waals surface area (Å²) in [6.07, 6.45) is 1.40. The van der Waals surface area contributed by atoms with Crippen LogP contribution in [0.4, 0.5) is 0 Å². The van der Waals surface area contributed by atoms with Crippen molar-refractivity contribution in [3.05, 3.63) is 51.5 Å². The second kappa shape index (κ2) is 4.07. The van der Waals surface area contributed by atoms with Gasteiger partial charge in [0, 0.05) is 11.1 Å². The molecule has 0 radical (unpaired) electrons. The highest BCUT2D eigenvalue weighted by molar-refractivity contribution is 6.25. The third-order valence-electron chi connectivity index (χ3n) is 2.25. The normalized spacial score (nSPS) is 14.2. The van der Waals surface area contributed by atoms with Gasteiger partial charge in [0.05, 0.1) is 12.7 Å². The number of carbonyl (C=O) groups is 2. The fourth-order valence-electron chi connectivity index (χ4n) is 1.54. The minimum absolute atomic E-state index is 0.00578. The number of ether oxygens (including phenoxy) is 1. The summed E-state index contributed by atoms with van der Waals surface area (Å²) in [5.41, 5.74) is 8.16. The van der Waals surface area contributed by atoms with Gasteiger partial charge in [-0.05, 0) is 17.7 Å². The van der Waals surface area contributed by atoms with Gasteiger partial charge < -0.3 is 4.74 Å². The predicted octanol–water partition coefficient (Wildman–Crippen LogP) is 1.63. The zero-order chi connectivity index (χ0) is 12.4. The van der Waals surface area contributed by atoms with Gasteiger partial charge in [0.25, 0.3) is 0 Å². The first-order chi connectivity index (χ1) is 8.20. The number of ketones is 2. The topological polar surface area (TPSA) is 105 Å². The van der Waals surface area contributed by atoms with E-state index in [-0.39, 0.29) is 22.7 Å². The minimum Gasteiger partial charge on any atom is -0.492 e. The summed E-state index contributed by atoms with van der Waals surface area (Å²) >= 11 is 0. The minimum atomic E-state index is -0.567. The average Bonchev–Trinajstić information content (AvgIpc) is 2.36. The van der Waals surface area contributed by atoms with E-state index in [2.05, 4.69) is 15.0 Å². The van der Waals surface area contributed by atoms with Crippen molar-refractivity contribution in [2.24, 2.45) is 5.11 Å². The third kappa shape index (κ3) is 1.54. The van der Waals surface area contributed by atoms with Crippen LogP contribution in [0.5, 0.6) is 0 Å². The maximum absolute atomic E-state index is 11.9. The summed E-state index contributed by atoms with van der Waals surface area (Å²) in [4.78, 5) is 30.2. The Bertz CT molecular complexity index is 599. The van der Waals surface area contributed by atoms with Gasteiger partial charge >= 0.3 is 0 Å². The Labute approximate surface area is 95.4 Å². The molecule has 0 fully saturated rings. The molecule has 1 heterocycles. The van der Waals surface area contributed by atoms with Crippen LogP contribution in [0.1, 0.15) is 20.8 Å². The van der Waals surface area contributed by atoms with Crippen molar-refractivity contribution in [3.8, 4) is 0 Å². The molecule has 0 saturated carbocycles. The number of hydrogen-bond acceptors (Lipinski definition) is 5. The number of pyridine rings is 1. The van der Waals surface area contributed by atoms with Crippen molar-refractivity contribution in [3.63, 3.8) is 0 Å². The van der Waals surface area contributed by atoms with Crippen molar-refractivity contribution in [2.45, 2.75) is 0 Å². The SMILES string of the molecule is COC1=C(N=[N+]=[N-])C(=O)c2cccnc2C1=O. The number of methoxy groups -OCH3 is 1. The lowest BCUT2D eigenvalue weighted by molar-refractivity contribution is 0.0900. The van der Waals surface area contributed by atoms with Gasteiger partial charge in [-0.1, -0.05) is 5.11 Å². The second-order valence-electron chi connectivity index (χ2n) is 3.13. The van der Waals surface area contributed by atoms with Gasteiger partial charge in [-0.25, -0.2) is 0 Å². The number of aromatic nitrogens is 1. The largest absolute Gasteiger partial charge is 0.492 e. The van der Waals surface area contributed by atoms with Gasteiger partial charge in [-0.3, -0.25) is 14.6 Å². The second-order valence-corrected chi connectivity index (χ2v) is 3.13. The van der Waals surface area contributed by atoms with Crippen LogP contribution in [0.3, 0.4) is 0 Å². The highest BCUT2D eigenvalue weighted by atomic mass is 16.5. The highest BCUT2D eigenvalue weighted by Gasteiger charge is 2.33. The summed E-state index contributed by atoms with van der Waals surface area (Å²) in [7, 11) is 1.22. The van der Waals surface area contributed by atoms with Crippen LogP contribution in [0.25, 0.3) is 10.4 Å². The van der Waals surface area contributed by atoms with Crippen LogP contribution in [0.15, 0.2) is 34.9 Å². The zero-order valence-electron chi connectivity index (χ0n) is 8.75. The number of allylic oxidation sites excluding steroid dienone is 2. The van der Waals surface area contributed by atoms with E-state index < -0.39 is 11.6 Å². The molecule has 0 N–H and O–H groups in total. The molecular formula is C10H6N4O3. The first kappa shape index (κ1) is 10.8. The molecular weight excluding hydrogens is 224 g/mol. The Morgan fingerprint density at radius 2 is 2.18 bits per heavy atom. The number of fused-ring (bicyclic) bond motifs is 1. The van der Waals surface area contributed by atoms with Crippen molar-refractivity contribution >= 4 is 11.6 Å². The van der Waals surface area contributed by atoms with Crippen LogP contribution in [0.2, 0.25) is 0 Å². The predicted molar refractivity (Wildman–Crippen MR) is 56.1 cm³/mol. The van der Waals surface area contributed by atoms with E-state index >= 15 is 0 Å². The van der Waals surface area contributed by atoms with E-state index in [1.165, 1.54) is 25.4 Å². The molecule has 0 aromatic carbocycles. The van der Waals surface area contributed by atoms with Crippen molar-refractivity contribution in [1.29, 1.82) is 0 Å². The Morgan fingerprint density at radius 1 is 1.41 bits per heavy atom. The molecule has 0 bridgehead atoms. The van der Waals surface area contributed by atoms with Crippen LogP contribution < -0.4 is 0 Å². The van der Waals surface area contributed by atoms with Crippen LogP contribution in [-0.2, 0) is 4.74 Å². The summed E-state index contributed by atoms with van der Waals surface area (Å²) in [6, 6.07) is 2.97. The lowest BCUT2D eigenvalue weighted by atomic mass is 9.96. The third-order valence-corrected chi connectivity index (χ3v) is 2.25. The molecule has 84 valence electrons. The fourth-order valence-corrected chi connectivity index (χ4v) is 1.54. The first-order valence-electron chi connectivity index (χ1n) is 4.58. The van der Waals surface area contributed by atoms with Crippen LogP contribution in [0, 0.1) is 0 Å². The monoisotopic (exact) mass is 230 g/mol. The van der Waals surface area contributed by atoms with E-state index in [9.17, 15) is 9.59 Å². The Balaban J connectivity index is 2.72. The van der Waals surface area contributed by atoms with Crippen molar-refractivity contribution < 1.29 is 14.3 Å². The molecule has 1 aliphatic carbocycles. The molecule has 2 rings (SSSR count). The van der Waals surface area contributed by atoms with E-state index in [0.717, 1.165) is 0 Å². The number of nitrogens with zero attached hydrogens (tertiary/aromatic N) is 4. The summed E-state index contributed by atoms with van der Waals surface area (Å²) in [6.45, 7) is 0. The summed E-state index contributed by atoms with van der Waals surface area (Å²) in [5, 5.41) is 3.20. The quantitative estimate of drug-likeness (QED) is 0.437. The Kier molecular flexibility index (Phi) is 2.60. The van der Waals surface area contributed by atoms with Crippen molar-refractivity contribution in [2.75, 3.05) is 7.11 Å². The Morgan fingerprint density at radius 3 is 2.82 bits per heavy atom. The highest BCUT2D eigenvalue weighted by Crippen LogP contribution is 2.25. The number of Topliss-reactive ketones (excluding diaryl/α,β-unsaturated/α-hetero) is 2. The van der Waals surface area contributed by atoms with Gasteiger partial charge in [0.2, 0.25) is 11.6 Å². The number of hydrogen-bond donors (Lipinski definition) is 0. The fraction of sp³-hybridized carbons (Fsp3) is 0.100. The van der Waals surface area contributed by atoms with Gasteiger partial charge in [0.1, 0.15) is 11.4 Å². The van der Waals surface area contributed by atoms with Gasteiger partial charge in [-0.15, -0.1) is 0 Å². The number of carbonyl (C=O) groups excluding carboxylic acids is 2. The molecule has 17 heavy (non-hydrogen) atoms. The van der Waals surface area contributed by atoms with Crippen LogP contribution in [-0.4, -0.2) is 23.7 Å². The van der Waals surface area contributed by atoms with E-state index in [4.69, 9.17) is 10.3 Å². The van der Waals surface area contributed by atoms with Gasteiger partial charge in [-0.2, -0.15) is 0 Å². The summed E-state index contributed by atoms with van der Waals surface area (Å²) < 4.78 is 4.80. The molecule has 1 aliphatic rings. The molecule has 7 heteroatoms. The molecule has 1 aromatic rings. The summed E-state index contributed by atoms with van der Waals surface area (Å²) in [5.74, 6) is -1.41. The molecule has 1 aromatic heterocycles. The smallest absolute Gasteiger partial charge is 0.247 e. The lowest BCUT2D eigenvalue weighted by Crippen LogP contribution is -2.23. The zero-order valence-corrected chi connectivity index (χ0v) is 8.75. The van der Waals surface area contributed by atoms with E-state index in [1.54, 1.807) is 0 Å². The molecule has 0 aliphatic heterocycles. The lowest BCUT2D eigenvalue weighted by Gasteiger charge is -2.15. The van der Waals surface area contributed by atoms with E-state index in [1.807, 2.05) is 0 Å². The molecule has 0 saturated heterocycles.